The number of para-hydroxylation sites is 1. The van der Waals surface area contributed by atoms with Crippen molar-refractivity contribution in [3.8, 4) is 0 Å². The Balaban J connectivity index is 2.78. The van der Waals surface area contributed by atoms with Crippen LogP contribution in [-0.2, 0) is 0 Å². The summed E-state index contributed by atoms with van der Waals surface area (Å²) in [6.07, 6.45) is 1.57. The highest BCUT2D eigenvalue weighted by molar-refractivity contribution is 6.00. The van der Waals surface area contributed by atoms with E-state index in [4.69, 9.17) is 5.11 Å². The van der Waals surface area contributed by atoms with E-state index in [1.54, 1.807) is 25.1 Å². The molecule has 0 aliphatic heterocycles. The number of carboxylic acid groups (broad SMARTS) is 1. The minimum Gasteiger partial charge on any atom is -0.478 e. The quantitative estimate of drug-likeness (QED) is 0.698. The number of rotatable bonds is 4. The number of benzene rings is 1. The Hall–Kier alpha value is -2.30. The molecule has 1 unspecified atom stereocenters. The monoisotopic (exact) mass is 234 g/mol. The van der Waals surface area contributed by atoms with Crippen molar-refractivity contribution in [1.82, 2.24) is 5.32 Å². The average molecular weight is 234 g/mol. The van der Waals surface area contributed by atoms with E-state index < -0.39 is 12.0 Å². The molecule has 90 valence electrons. The molecular weight excluding hydrogens is 220 g/mol. The van der Waals surface area contributed by atoms with Gasteiger partial charge in [0.1, 0.15) is 0 Å². The number of hydrogen-bond acceptors (Lipinski definition) is 2. The van der Waals surface area contributed by atoms with Gasteiger partial charge in [0.15, 0.2) is 0 Å². The van der Waals surface area contributed by atoms with Crippen molar-refractivity contribution in [2.75, 3.05) is 5.32 Å². The Labute approximate surface area is 99.1 Å². The van der Waals surface area contributed by atoms with E-state index in [0.29, 0.717) is 0 Å². The van der Waals surface area contributed by atoms with Gasteiger partial charge in [-0.1, -0.05) is 18.2 Å². The Bertz CT molecular complexity index is 443. The van der Waals surface area contributed by atoms with Gasteiger partial charge in [0.05, 0.1) is 11.3 Å². The van der Waals surface area contributed by atoms with Crippen LogP contribution < -0.4 is 10.6 Å². The third kappa shape index (κ3) is 3.64. The van der Waals surface area contributed by atoms with Gasteiger partial charge in [-0.05, 0) is 19.1 Å². The fourth-order valence-corrected chi connectivity index (χ4v) is 1.20. The minimum atomic E-state index is -1.09. The summed E-state index contributed by atoms with van der Waals surface area (Å²) in [5.74, 6) is -1.09. The molecule has 0 saturated heterocycles. The Kier molecular flexibility index (Phi) is 4.28. The Morgan fingerprint density at radius 1 is 1.41 bits per heavy atom. The van der Waals surface area contributed by atoms with E-state index in [1.165, 1.54) is 12.1 Å². The standard InChI is InChI=1S/C12H14N2O3/c1-3-8(2)13-12(17)14-10-7-5-4-6-9(10)11(15)16/h3-8H,1H2,2H3,(H,15,16)(H2,13,14,17). The maximum atomic E-state index is 11.5. The second-order valence-electron chi connectivity index (χ2n) is 3.47. The number of urea groups is 1. The highest BCUT2D eigenvalue weighted by atomic mass is 16.4. The van der Waals surface area contributed by atoms with Gasteiger partial charge in [-0.3, -0.25) is 0 Å². The first-order valence-electron chi connectivity index (χ1n) is 5.07. The summed E-state index contributed by atoms with van der Waals surface area (Å²) in [6, 6.07) is 5.55. The van der Waals surface area contributed by atoms with Gasteiger partial charge in [-0.2, -0.15) is 0 Å². The van der Waals surface area contributed by atoms with Crippen LogP contribution in [0.15, 0.2) is 36.9 Å². The smallest absolute Gasteiger partial charge is 0.337 e. The summed E-state index contributed by atoms with van der Waals surface area (Å²) < 4.78 is 0. The predicted octanol–water partition coefficient (Wildman–Crippen LogP) is 2.08. The van der Waals surface area contributed by atoms with Crippen LogP contribution in [-0.4, -0.2) is 23.1 Å². The lowest BCUT2D eigenvalue weighted by molar-refractivity contribution is 0.0698. The molecule has 5 nitrogen and oxygen atoms in total. The fraction of sp³-hybridized carbons (Fsp3) is 0.167. The van der Waals surface area contributed by atoms with Crippen LogP contribution in [0.1, 0.15) is 17.3 Å². The maximum absolute atomic E-state index is 11.5. The molecule has 1 rings (SSSR count). The first-order chi connectivity index (χ1) is 8.04. The summed E-state index contributed by atoms with van der Waals surface area (Å²) in [6.45, 7) is 5.29. The molecule has 17 heavy (non-hydrogen) atoms. The van der Waals surface area contributed by atoms with E-state index in [2.05, 4.69) is 17.2 Å². The first-order valence-corrected chi connectivity index (χ1v) is 5.07. The number of anilines is 1. The molecule has 0 aliphatic carbocycles. The second-order valence-corrected chi connectivity index (χ2v) is 3.47. The molecule has 2 amide bonds. The molecular formula is C12H14N2O3. The zero-order chi connectivity index (χ0) is 12.8. The summed E-state index contributed by atoms with van der Waals surface area (Å²) >= 11 is 0. The van der Waals surface area contributed by atoms with Crippen molar-refractivity contribution < 1.29 is 14.7 Å². The van der Waals surface area contributed by atoms with Crippen LogP contribution in [0.25, 0.3) is 0 Å². The van der Waals surface area contributed by atoms with Gasteiger partial charge in [0, 0.05) is 6.04 Å². The van der Waals surface area contributed by atoms with Gasteiger partial charge >= 0.3 is 12.0 Å². The van der Waals surface area contributed by atoms with Gasteiger partial charge in [-0.25, -0.2) is 9.59 Å². The molecule has 0 aliphatic rings. The molecule has 0 fully saturated rings. The third-order valence-electron chi connectivity index (χ3n) is 2.12. The summed E-state index contributed by atoms with van der Waals surface area (Å²) in [7, 11) is 0. The van der Waals surface area contributed by atoms with Gasteiger partial charge in [0.25, 0.3) is 0 Å². The Morgan fingerprint density at radius 2 is 2.06 bits per heavy atom. The normalized spacial score (nSPS) is 11.4. The van der Waals surface area contributed by atoms with Crippen LogP contribution in [0.4, 0.5) is 10.5 Å². The van der Waals surface area contributed by atoms with Crippen LogP contribution in [0.5, 0.6) is 0 Å². The zero-order valence-corrected chi connectivity index (χ0v) is 9.43. The van der Waals surface area contributed by atoms with Crippen LogP contribution in [0, 0.1) is 0 Å². The lowest BCUT2D eigenvalue weighted by Gasteiger charge is -2.12. The molecule has 0 spiro atoms. The SMILES string of the molecule is C=CC(C)NC(=O)Nc1ccccc1C(=O)O. The number of hydrogen-bond donors (Lipinski definition) is 3. The number of amides is 2. The molecule has 1 aromatic rings. The highest BCUT2D eigenvalue weighted by Crippen LogP contribution is 2.14. The van der Waals surface area contributed by atoms with Gasteiger partial charge in [-0.15, -0.1) is 6.58 Å². The number of carbonyl (C=O) groups is 2. The Morgan fingerprint density at radius 3 is 2.65 bits per heavy atom. The van der Waals surface area contributed by atoms with Crippen molar-refractivity contribution >= 4 is 17.7 Å². The number of carboxylic acids is 1. The lowest BCUT2D eigenvalue weighted by Crippen LogP contribution is -2.35. The van der Waals surface area contributed by atoms with Crippen molar-refractivity contribution in [3.63, 3.8) is 0 Å². The molecule has 5 heteroatoms. The molecule has 0 heterocycles. The van der Waals surface area contributed by atoms with Crippen molar-refractivity contribution in [3.05, 3.63) is 42.5 Å². The molecule has 0 saturated carbocycles. The minimum absolute atomic E-state index is 0.0499. The number of nitrogens with one attached hydrogen (secondary N) is 2. The highest BCUT2D eigenvalue weighted by Gasteiger charge is 2.11. The van der Waals surface area contributed by atoms with Crippen LogP contribution in [0.3, 0.4) is 0 Å². The molecule has 1 atom stereocenters. The van der Waals surface area contributed by atoms with Crippen molar-refractivity contribution in [2.24, 2.45) is 0 Å². The second kappa shape index (κ2) is 5.69. The van der Waals surface area contributed by atoms with Gasteiger partial charge < -0.3 is 15.7 Å². The summed E-state index contributed by atoms with van der Waals surface area (Å²) in [4.78, 5) is 22.4. The number of aromatic carboxylic acids is 1. The maximum Gasteiger partial charge on any atom is 0.337 e. The number of carbonyl (C=O) groups excluding carboxylic acids is 1. The topological polar surface area (TPSA) is 78.4 Å². The van der Waals surface area contributed by atoms with E-state index >= 15 is 0 Å². The van der Waals surface area contributed by atoms with E-state index in [-0.39, 0.29) is 17.3 Å². The molecule has 3 N–H and O–H groups in total. The zero-order valence-electron chi connectivity index (χ0n) is 9.43. The average Bonchev–Trinajstić information content (AvgIpc) is 2.29. The fourth-order valence-electron chi connectivity index (χ4n) is 1.20. The molecule has 1 aromatic carbocycles. The lowest BCUT2D eigenvalue weighted by atomic mass is 10.2. The third-order valence-corrected chi connectivity index (χ3v) is 2.12. The van der Waals surface area contributed by atoms with Crippen molar-refractivity contribution in [2.45, 2.75) is 13.0 Å². The largest absolute Gasteiger partial charge is 0.478 e. The molecule has 0 aromatic heterocycles. The summed E-state index contributed by atoms with van der Waals surface area (Å²) in [5, 5.41) is 14.0. The predicted molar refractivity (Wildman–Crippen MR) is 65.2 cm³/mol. The molecule has 0 bridgehead atoms. The van der Waals surface area contributed by atoms with E-state index in [0.717, 1.165) is 0 Å². The summed E-state index contributed by atoms with van der Waals surface area (Å²) in [5.41, 5.74) is 0.308. The van der Waals surface area contributed by atoms with Gasteiger partial charge in [0.2, 0.25) is 0 Å². The van der Waals surface area contributed by atoms with Crippen LogP contribution in [0.2, 0.25) is 0 Å². The molecule has 0 radical (unpaired) electrons. The van der Waals surface area contributed by atoms with Crippen LogP contribution >= 0.6 is 0 Å². The van der Waals surface area contributed by atoms with Crippen molar-refractivity contribution in [1.29, 1.82) is 0 Å². The van der Waals surface area contributed by atoms with E-state index in [9.17, 15) is 9.59 Å². The first kappa shape index (κ1) is 12.8. The van der Waals surface area contributed by atoms with E-state index in [1.807, 2.05) is 0 Å².